The van der Waals surface area contributed by atoms with Gasteiger partial charge in [-0.3, -0.25) is 0 Å². The van der Waals surface area contributed by atoms with E-state index in [1.165, 1.54) is 11.1 Å². The molecule has 1 aliphatic carbocycles. The van der Waals surface area contributed by atoms with Gasteiger partial charge in [-0.25, -0.2) is 0 Å². The molecule has 0 atom stereocenters. The average Bonchev–Trinajstić information content (AvgIpc) is 2.98. The summed E-state index contributed by atoms with van der Waals surface area (Å²) in [6.45, 7) is 8.28. The van der Waals surface area contributed by atoms with Gasteiger partial charge in [-0.05, 0) is 49.9 Å². The van der Waals surface area contributed by atoms with E-state index in [0.717, 1.165) is 19.4 Å². The van der Waals surface area contributed by atoms with Crippen LogP contribution in [-0.4, -0.2) is 18.3 Å². The lowest BCUT2D eigenvalue weighted by Gasteiger charge is -2.28. The van der Waals surface area contributed by atoms with Gasteiger partial charge in [0, 0.05) is 25.3 Å². The molecule has 0 radical (unpaired) electrons. The molecule has 0 fully saturated rings. The SMILES string of the molecule is CCOC(OCC)(SP=S)C1=C(CC)C1. The maximum Gasteiger partial charge on any atom is 0.251 e. The van der Waals surface area contributed by atoms with Crippen LogP contribution in [0.1, 0.15) is 33.6 Å². The highest BCUT2D eigenvalue weighted by molar-refractivity contribution is 8.58. The molecular weight excluding hydrogens is 247 g/mol. The van der Waals surface area contributed by atoms with Gasteiger partial charge in [-0.1, -0.05) is 12.5 Å². The summed E-state index contributed by atoms with van der Waals surface area (Å²) in [4.78, 5) is 0. The number of rotatable bonds is 8. The molecule has 0 aromatic carbocycles. The number of hydrogen-bond donors (Lipinski definition) is 0. The Bertz CT molecular complexity index is 260. The minimum atomic E-state index is -0.585. The van der Waals surface area contributed by atoms with Crippen molar-refractivity contribution in [1.29, 1.82) is 0 Å². The first-order valence-corrected chi connectivity index (χ1v) is 8.57. The van der Waals surface area contributed by atoms with Crippen molar-refractivity contribution in [3.63, 3.8) is 0 Å². The highest BCUT2D eigenvalue weighted by atomic mass is 32.9. The second-order valence-electron chi connectivity index (χ2n) is 3.20. The van der Waals surface area contributed by atoms with Crippen LogP contribution in [0.2, 0.25) is 0 Å². The van der Waals surface area contributed by atoms with Crippen LogP contribution in [0, 0.1) is 0 Å². The Morgan fingerprint density at radius 1 is 1.33 bits per heavy atom. The minimum absolute atomic E-state index is 0.585. The van der Waals surface area contributed by atoms with E-state index in [0.29, 0.717) is 13.2 Å². The molecular formula is C10H17O2PS2. The molecule has 0 unspecified atom stereocenters. The summed E-state index contributed by atoms with van der Waals surface area (Å²) in [7, 11) is 0. The van der Waals surface area contributed by atoms with Gasteiger partial charge in [0.2, 0.25) is 0 Å². The smallest absolute Gasteiger partial charge is 0.251 e. The fraction of sp³-hybridized carbons (Fsp3) is 0.800. The summed E-state index contributed by atoms with van der Waals surface area (Å²) < 4.78 is 11.6. The Morgan fingerprint density at radius 2 is 1.93 bits per heavy atom. The molecule has 2 nitrogen and oxygen atoms in total. The van der Waals surface area contributed by atoms with Crippen molar-refractivity contribution < 1.29 is 9.47 Å². The normalized spacial score (nSPS) is 16.2. The zero-order valence-electron chi connectivity index (χ0n) is 9.41. The van der Waals surface area contributed by atoms with Gasteiger partial charge in [-0.2, -0.15) is 0 Å². The van der Waals surface area contributed by atoms with E-state index in [4.69, 9.17) is 21.3 Å². The first-order chi connectivity index (χ1) is 7.24. The van der Waals surface area contributed by atoms with Crippen LogP contribution in [0.4, 0.5) is 0 Å². The van der Waals surface area contributed by atoms with Gasteiger partial charge in [0.05, 0.1) is 0 Å². The fourth-order valence-corrected chi connectivity index (χ4v) is 4.18. The fourth-order valence-electron chi connectivity index (χ4n) is 1.59. The van der Waals surface area contributed by atoms with E-state index in [1.54, 1.807) is 11.4 Å². The topological polar surface area (TPSA) is 18.5 Å². The molecule has 0 amide bonds. The van der Waals surface area contributed by atoms with Crippen molar-refractivity contribution in [2.75, 3.05) is 13.2 Å². The van der Waals surface area contributed by atoms with E-state index < -0.39 is 5.12 Å². The molecule has 0 aromatic rings. The summed E-state index contributed by atoms with van der Waals surface area (Å²) in [5, 5.41) is -0.585. The zero-order chi connectivity index (χ0) is 11.3. The first-order valence-electron chi connectivity index (χ1n) is 5.24. The van der Waals surface area contributed by atoms with Crippen molar-refractivity contribution in [3.05, 3.63) is 11.1 Å². The third kappa shape index (κ3) is 3.24. The molecule has 0 bridgehead atoms. The molecule has 5 heteroatoms. The van der Waals surface area contributed by atoms with Crippen LogP contribution in [0.3, 0.4) is 0 Å². The highest BCUT2D eigenvalue weighted by Crippen LogP contribution is 2.53. The Balaban J connectivity index is 2.82. The molecule has 1 aliphatic rings. The van der Waals surface area contributed by atoms with Gasteiger partial charge in [0.25, 0.3) is 5.12 Å². The lowest BCUT2D eigenvalue weighted by molar-refractivity contribution is -0.136. The molecule has 0 saturated heterocycles. The van der Waals surface area contributed by atoms with Crippen LogP contribution in [0.5, 0.6) is 0 Å². The number of ether oxygens (including phenoxy) is 2. The van der Waals surface area contributed by atoms with Crippen molar-refractivity contribution in [2.45, 2.75) is 38.7 Å². The molecule has 0 N–H and O–H groups in total. The minimum Gasteiger partial charge on any atom is -0.338 e. The third-order valence-electron chi connectivity index (χ3n) is 2.31. The molecule has 0 heterocycles. The lowest BCUT2D eigenvalue weighted by Crippen LogP contribution is -2.30. The molecule has 0 aliphatic heterocycles. The largest absolute Gasteiger partial charge is 0.338 e. The van der Waals surface area contributed by atoms with Gasteiger partial charge >= 0.3 is 0 Å². The third-order valence-corrected chi connectivity index (χ3v) is 4.73. The zero-order valence-corrected chi connectivity index (χ0v) is 11.9. The summed E-state index contributed by atoms with van der Waals surface area (Å²) >= 11 is 6.55. The molecule has 0 spiro atoms. The molecule has 15 heavy (non-hydrogen) atoms. The molecule has 86 valence electrons. The van der Waals surface area contributed by atoms with Crippen LogP contribution >= 0.6 is 17.9 Å². The molecule has 1 rings (SSSR count). The lowest BCUT2D eigenvalue weighted by atomic mass is 10.4. The van der Waals surface area contributed by atoms with Gasteiger partial charge < -0.3 is 9.47 Å². The van der Waals surface area contributed by atoms with Crippen molar-refractivity contribution in [1.82, 2.24) is 0 Å². The Morgan fingerprint density at radius 3 is 2.27 bits per heavy atom. The van der Waals surface area contributed by atoms with Crippen molar-refractivity contribution >= 4 is 29.7 Å². The highest BCUT2D eigenvalue weighted by Gasteiger charge is 2.44. The quantitative estimate of drug-likeness (QED) is 0.376. The summed E-state index contributed by atoms with van der Waals surface area (Å²) in [5.41, 5.74) is 2.76. The van der Waals surface area contributed by atoms with Crippen LogP contribution in [-0.2, 0) is 21.3 Å². The van der Waals surface area contributed by atoms with Crippen LogP contribution < -0.4 is 0 Å². The van der Waals surface area contributed by atoms with Gasteiger partial charge in [0.1, 0.15) is 0 Å². The number of hydrogen-bond acceptors (Lipinski definition) is 4. The summed E-state index contributed by atoms with van der Waals surface area (Å²) in [5.74, 6) is 0. The second-order valence-corrected chi connectivity index (χ2v) is 6.41. The second kappa shape index (κ2) is 6.31. The first kappa shape index (κ1) is 13.6. The van der Waals surface area contributed by atoms with Gasteiger partial charge in [0.15, 0.2) is 0 Å². The Labute approximate surface area is 102 Å². The van der Waals surface area contributed by atoms with E-state index >= 15 is 0 Å². The van der Waals surface area contributed by atoms with Crippen molar-refractivity contribution in [2.24, 2.45) is 0 Å². The van der Waals surface area contributed by atoms with E-state index in [1.807, 2.05) is 13.8 Å². The predicted octanol–water partition coefficient (Wildman–Crippen LogP) is 3.88. The number of allylic oxidation sites excluding steroid dienone is 1. The van der Waals surface area contributed by atoms with E-state index in [2.05, 4.69) is 6.92 Å². The monoisotopic (exact) mass is 264 g/mol. The standard InChI is InChI=1S/C10H17O2PS2/c1-4-8-7-9(8)10(11-5-2,12-6-3)15-13-14/h4-7H2,1-3H3. The molecule has 0 saturated carbocycles. The maximum atomic E-state index is 5.78. The molecule has 0 aromatic heterocycles. The average molecular weight is 264 g/mol. The predicted molar refractivity (Wildman–Crippen MR) is 69.8 cm³/mol. The van der Waals surface area contributed by atoms with Crippen molar-refractivity contribution in [3.8, 4) is 0 Å². The maximum absolute atomic E-state index is 5.78. The van der Waals surface area contributed by atoms with Crippen LogP contribution in [0.15, 0.2) is 11.1 Å². The van der Waals surface area contributed by atoms with E-state index in [-0.39, 0.29) is 0 Å². The Kier molecular flexibility index (Phi) is 5.72. The van der Waals surface area contributed by atoms with Gasteiger partial charge in [-0.15, -0.1) is 0 Å². The van der Waals surface area contributed by atoms with Crippen LogP contribution in [0.25, 0.3) is 0 Å². The van der Waals surface area contributed by atoms with E-state index in [9.17, 15) is 0 Å². The summed E-state index contributed by atoms with van der Waals surface area (Å²) in [6, 6.07) is 0. The summed E-state index contributed by atoms with van der Waals surface area (Å²) in [6.07, 6.45) is 2.14. The Hall–Kier alpha value is 0.530.